The summed E-state index contributed by atoms with van der Waals surface area (Å²) in [5.41, 5.74) is -0.918. The van der Waals surface area contributed by atoms with Gasteiger partial charge in [-0.05, 0) is 53.9 Å². The minimum Gasteiger partial charge on any atom is -0.444 e. The quantitative estimate of drug-likeness (QED) is 0.635. The van der Waals surface area contributed by atoms with Gasteiger partial charge >= 0.3 is 12.2 Å². The molecule has 0 radical (unpaired) electrons. The van der Waals surface area contributed by atoms with Gasteiger partial charge in [-0.2, -0.15) is 0 Å². The number of carbonyl (C=O) groups is 3. The molecule has 3 unspecified atom stereocenters. The topological polar surface area (TPSA) is 96.4 Å². The van der Waals surface area contributed by atoms with E-state index >= 15 is 0 Å². The number of aliphatic hydroxyl groups is 1. The zero-order valence-corrected chi connectivity index (χ0v) is 19.9. The van der Waals surface area contributed by atoms with Gasteiger partial charge in [0.25, 0.3) is 0 Å². The number of rotatable bonds is 0. The molecule has 0 spiro atoms. The van der Waals surface area contributed by atoms with Gasteiger partial charge in [-0.15, -0.1) is 0 Å². The Bertz CT molecular complexity index is 608. The molecular weight excluding hydrogens is 388 g/mol. The predicted molar refractivity (Wildman–Crippen MR) is 114 cm³/mol. The zero-order valence-electron chi connectivity index (χ0n) is 19.9. The number of amides is 2. The van der Waals surface area contributed by atoms with Crippen LogP contribution in [0.1, 0.15) is 68.2 Å². The number of likely N-dealkylation sites (tertiary alicyclic amines) is 2. The second-order valence-corrected chi connectivity index (χ2v) is 10.3. The minimum atomic E-state index is -0.470. The molecule has 2 fully saturated rings. The number of hydrogen-bond acceptors (Lipinski definition) is 6. The lowest BCUT2D eigenvalue weighted by atomic mass is 9.97. The number of ether oxygens (including phenoxy) is 2. The van der Waals surface area contributed by atoms with Crippen LogP contribution in [0.15, 0.2) is 0 Å². The number of piperidine rings is 2. The van der Waals surface area contributed by atoms with E-state index in [1.54, 1.807) is 9.80 Å². The van der Waals surface area contributed by atoms with Crippen molar-refractivity contribution in [2.75, 3.05) is 26.2 Å². The number of nitrogens with zero attached hydrogens (tertiary/aromatic N) is 2. The van der Waals surface area contributed by atoms with Gasteiger partial charge in [0.05, 0.1) is 6.10 Å². The summed E-state index contributed by atoms with van der Waals surface area (Å²) in [4.78, 5) is 37.9. The van der Waals surface area contributed by atoms with Gasteiger partial charge in [0, 0.05) is 38.5 Å². The molecule has 8 nitrogen and oxygen atoms in total. The van der Waals surface area contributed by atoms with E-state index in [1.165, 1.54) is 0 Å². The maximum absolute atomic E-state index is 11.7. The van der Waals surface area contributed by atoms with Crippen molar-refractivity contribution in [3.8, 4) is 0 Å². The summed E-state index contributed by atoms with van der Waals surface area (Å²) in [5.74, 6) is 0.298. The molecule has 1 N–H and O–H groups in total. The lowest BCUT2D eigenvalue weighted by Gasteiger charge is -2.35. The Hall–Kier alpha value is -1.83. The van der Waals surface area contributed by atoms with Crippen LogP contribution in [0.2, 0.25) is 0 Å². The SMILES string of the molecule is CC1CN(C(=O)OC(C)(C)C)CCC1=O.CC1CN(C(=O)OC(C)(C)C)CCC1O. The van der Waals surface area contributed by atoms with Crippen LogP contribution in [0.5, 0.6) is 0 Å². The van der Waals surface area contributed by atoms with Gasteiger partial charge < -0.3 is 24.4 Å². The Morgan fingerprint density at radius 1 is 0.900 bits per heavy atom. The van der Waals surface area contributed by atoms with Crippen LogP contribution >= 0.6 is 0 Å². The second kappa shape index (κ2) is 10.5. The number of ketones is 1. The Morgan fingerprint density at radius 3 is 1.77 bits per heavy atom. The van der Waals surface area contributed by atoms with Gasteiger partial charge in [0.2, 0.25) is 0 Å². The molecule has 2 heterocycles. The summed E-state index contributed by atoms with van der Waals surface area (Å²) in [6.45, 7) is 17.0. The Kier molecular flexibility index (Phi) is 9.14. The maximum Gasteiger partial charge on any atom is 0.410 e. The number of carbonyl (C=O) groups excluding carboxylic acids is 3. The Balaban J connectivity index is 0.000000300. The third-order valence-electron chi connectivity index (χ3n) is 4.84. The van der Waals surface area contributed by atoms with Gasteiger partial charge in [0.15, 0.2) is 0 Å². The highest BCUT2D eigenvalue weighted by Gasteiger charge is 2.30. The molecule has 174 valence electrons. The highest BCUT2D eigenvalue weighted by atomic mass is 16.6. The van der Waals surface area contributed by atoms with Crippen LogP contribution in [-0.2, 0) is 14.3 Å². The average Bonchev–Trinajstić information content (AvgIpc) is 2.57. The Morgan fingerprint density at radius 2 is 1.37 bits per heavy atom. The largest absolute Gasteiger partial charge is 0.444 e. The lowest BCUT2D eigenvalue weighted by Crippen LogP contribution is -2.46. The highest BCUT2D eigenvalue weighted by Crippen LogP contribution is 2.19. The molecule has 2 aliphatic heterocycles. The fourth-order valence-electron chi connectivity index (χ4n) is 3.13. The number of Topliss-reactive ketones (excluding diaryl/α,β-unsaturated/α-hetero) is 1. The van der Waals surface area contributed by atoms with E-state index in [0.717, 1.165) is 0 Å². The lowest BCUT2D eigenvalue weighted by molar-refractivity contribution is -0.125. The van der Waals surface area contributed by atoms with Crippen molar-refractivity contribution in [2.45, 2.75) is 85.5 Å². The molecule has 0 saturated carbocycles. The van der Waals surface area contributed by atoms with Crippen molar-refractivity contribution in [2.24, 2.45) is 11.8 Å². The average molecular weight is 429 g/mol. The van der Waals surface area contributed by atoms with Gasteiger partial charge in [-0.25, -0.2) is 9.59 Å². The minimum absolute atomic E-state index is 0.0636. The van der Waals surface area contributed by atoms with Crippen molar-refractivity contribution in [3.05, 3.63) is 0 Å². The van der Waals surface area contributed by atoms with Crippen molar-refractivity contribution in [1.29, 1.82) is 0 Å². The smallest absolute Gasteiger partial charge is 0.410 e. The summed E-state index contributed by atoms with van der Waals surface area (Å²) in [5, 5.41) is 9.53. The molecule has 0 aromatic carbocycles. The van der Waals surface area contributed by atoms with Crippen molar-refractivity contribution in [1.82, 2.24) is 9.80 Å². The van der Waals surface area contributed by atoms with Gasteiger partial charge in [-0.1, -0.05) is 13.8 Å². The molecule has 0 bridgehead atoms. The van der Waals surface area contributed by atoms with Gasteiger partial charge in [-0.3, -0.25) is 4.79 Å². The van der Waals surface area contributed by atoms with E-state index in [2.05, 4.69) is 0 Å². The molecule has 8 heteroatoms. The van der Waals surface area contributed by atoms with E-state index in [0.29, 0.717) is 39.0 Å². The van der Waals surface area contributed by atoms with Crippen LogP contribution in [-0.4, -0.2) is 76.4 Å². The summed E-state index contributed by atoms with van der Waals surface area (Å²) in [7, 11) is 0. The molecule has 2 amide bonds. The standard InChI is InChI=1S/C11H21NO3.C11H19NO3/c2*1-8-7-12(6-5-9(8)13)10(14)15-11(2,3)4/h8-9,13H,5-7H2,1-4H3;8H,5-7H2,1-4H3. The Labute approximate surface area is 180 Å². The zero-order chi connectivity index (χ0) is 23.3. The van der Waals surface area contributed by atoms with Crippen LogP contribution in [0.25, 0.3) is 0 Å². The van der Waals surface area contributed by atoms with Crippen molar-refractivity contribution < 1.29 is 29.0 Å². The van der Waals surface area contributed by atoms with E-state index in [1.807, 2.05) is 55.4 Å². The molecule has 0 aromatic rings. The molecular formula is C22H40N2O6. The monoisotopic (exact) mass is 428 g/mol. The molecule has 2 rings (SSSR count). The normalized spacial score (nSPS) is 25.2. The third kappa shape index (κ3) is 9.32. The van der Waals surface area contributed by atoms with Gasteiger partial charge in [0.1, 0.15) is 17.0 Å². The summed E-state index contributed by atoms with van der Waals surface area (Å²) in [6.07, 6.45) is 0.202. The van der Waals surface area contributed by atoms with Crippen LogP contribution in [0.3, 0.4) is 0 Å². The molecule has 0 aliphatic carbocycles. The first-order valence-electron chi connectivity index (χ1n) is 10.8. The highest BCUT2D eigenvalue weighted by molar-refractivity contribution is 5.83. The molecule has 3 atom stereocenters. The van der Waals surface area contributed by atoms with Crippen molar-refractivity contribution in [3.63, 3.8) is 0 Å². The molecule has 2 saturated heterocycles. The fourth-order valence-corrected chi connectivity index (χ4v) is 3.13. The van der Waals surface area contributed by atoms with Crippen LogP contribution in [0, 0.1) is 11.8 Å². The first-order valence-corrected chi connectivity index (χ1v) is 10.8. The second-order valence-electron chi connectivity index (χ2n) is 10.3. The predicted octanol–water partition coefficient (Wildman–Crippen LogP) is 3.46. The number of aliphatic hydroxyl groups excluding tert-OH is 1. The van der Waals surface area contributed by atoms with E-state index in [-0.39, 0.29) is 35.9 Å². The molecule has 30 heavy (non-hydrogen) atoms. The fraction of sp³-hybridized carbons (Fsp3) is 0.864. The first-order chi connectivity index (χ1) is 13.6. The third-order valence-corrected chi connectivity index (χ3v) is 4.84. The summed E-state index contributed by atoms with van der Waals surface area (Å²) >= 11 is 0. The van der Waals surface area contributed by atoms with Crippen LogP contribution in [0.4, 0.5) is 9.59 Å². The van der Waals surface area contributed by atoms with Crippen molar-refractivity contribution >= 4 is 18.0 Å². The number of hydrogen-bond donors (Lipinski definition) is 1. The molecule has 2 aliphatic rings. The molecule has 0 aromatic heterocycles. The van der Waals surface area contributed by atoms with E-state index in [4.69, 9.17) is 9.47 Å². The first kappa shape index (κ1) is 26.2. The summed E-state index contributed by atoms with van der Waals surface area (Å²) in [6, 6.07) is 0. The summed E-state index contributed by atoms with van der Waals surface area (Å²) < 4.78 is 10.5. The van der Waals surface area contributed by atoms with E-state index < -0.39 is 11.2 Å². The maximum atomic E-state index is 11.7. The van der Waals surface area contributed by atoms with Crippen LogP contribution < -0.4 is 0 Å². The van der Waals surface area contributed by atoms with E-state index in [9.17, 15) is 19.5 Å².